The molecule has 0 spiro atoms. The van der Waals surface area contributed by atoms with Crippen molar-refractivity contribution < 1.29 is 27.4 Å². The molecule has 1 saturated carbocycles. The van der Waals surface area contributed by atoms with Crippen LogP contribution in [-0.4, -0.2) is 31.8 Å². The van der Waals surface area contributed by atoms with Gasteiger partial charge < -0.3 is 14.5 Å². The van der Waals surface area contributed by atoms with Gasteiger partial charge in [0.25, 0.3) is 0 Å². The summed E-state index contributed by atoms with van der Waals surface area (Å²) in [4.78, 5) is 28.0. The Morgan fingerprint density at radius 1 is 1.14 bits per heavy atom. The minimum atomic E-state index is -4.44. The highest BCUT2D eigenvalue weighted by Gasteiger charge is 2.59. The molecule has 0 radical (unpaired) electrons. The number of nitrogens with zero attached hydrogens (tertiary/aromatic N) is 3. The first kappa shape index (κ1) is 21.6. The summed E-state index contributed by atoms with van der Waals surface area (Å²) in [5.41, 5.74) is 1.84. The van der Waals surface area contributed by atoms with Gasteiger partial charge in [0.15, 0.2) is 5.65 Å². The highest BCUT2D eigenvalue weighted by Crippen LogP contribution is 2.60. The predicted octanol–water partition coefficient (Wildman–Crippen LogP) is 5.15. The van der Waals surface area contributed by atoms with E-state index in [1.54, 1.807) is 12.1 Å². The Labute approximate surface area is 197 Å². The maximum absolute atomic E-state index is 13.2. The number of imidazole rings is 1. The number of alkyl halides is 3. The lowest BCUT2D eigenvalue weighted by Gasteiger charge is -2.12. The maximum atomic E-state index is 13.2. The number of ether oxygens (including phenoxy) is 2. The van der Waals surface area contributed by atoms with Crippen molar-refractivity contribution in [2.24, 2.45) is 5.92 Å². The van der Waals surface area contributed by atoms with E-state index >= 15 is 0 Å². The molecule has 2 aromatic carbocycles. The van der Waals surface area contributed by atoms with E-state index in [0.717, 1.165) is 17.4 Å². The average molecular weight is 480 g/mol. The lowest BCUT2D eigenvalue weighted by atomic mass is 9.98. The van der Waals surface area contributed by atoms with Crippen LogP contribution in [0, 0.1) is 12.8 Å². The van der Waals surface area contributed by atoms with E-state index in [9.17, 15) is 18.0 Å². The summed E-state index contributed by atoms with van der Waals surface area (Å²) < 4.78 is 51.5. The number of H-pyrrole nitrogens is 1. The number of Topliss-reactive ketones (excluding diaryl/α,β-unsaturated/α-hetero) is 1. The van der Waals surface area contributed by atoms with Gasteiger partial charge in [-0.3, -0.25) is 4.79 Å². The Morgan fingerprint density at radius 2 is 2.00 bits per heavy atom. The normalized spacial score (nSPS) is 20.3. The lowest BCUT2D eigenvalue weighted by molar-refractivity contribution is -0.138. The molecule has 7 nitrogen and oxygen atoms in total. The van der Waals surface area contributed by atoms with E-state index in [1.807, 2.05) is 12.1 Å². The number of rotatable bonds is 6. The van der Waals surface area contributed by atoms with Gasteiger partial charge in [-0.1, -0.05) is 12.1 Å². The van der Waals surface area contributed by atoms with Crippen LogP contribution in [0.5, 0.6) is 17.4 Å². The first-order valence-electron chi connectivity index (χ1n) is 11.1. The van der Waals surface area contributed by atoms with Crippen LogP contribution in [0.3, 0.4) is 0 Å². The number of ketones is 1. The Kier molecular flexibility index (Phi) is 4.80. The Balaban J connectivity index is 1.14. The molecule has 35 heavy (non-hydrogen) atoms. The van der Waals surface area contributed by atoms with Crippen molar-refractivity contribution in [3.05, 3.63) is 71.3 Å². The van der Waals surface area contributed by atoms with E-state index in [0.29, 0.717) is 28.4 Å². The van der Waals surface area contributed by atoms with Gasteiger partial charge in [-0.25, -0.2) is 9.97 Å². The van der Waals surface area contributed by atoms with Crippen LogP contribution >= 0.6 is 0 Å². The number of hydrogen-bond acceptors (Lipinski definition) is 6. The van der Waals surface area contributed by atoms with Gasteiger partial charge >= 0.3 is 6.18 Å². The molecule has 1 aliphatic heterocycles. The third-order valence-electron chi connectivity index (χ3n) is 6.57. The van der Waals surface area contributed by atoms with Crippen LogP contribution in [-0.2, 0) is 17.4 Å². The monoisotopic (exact) mass is 480 g/mol. The molecular formula is C25H19F3N4O3. The second kappa shape index (κ2) is 7.79. The lowest BCUT2D eigenvalue weighted by Crippen LogP contribution is -2.11. The Hall–Kier alpha value is -3.95. The van der Waals surface area contributed by atoms with E-state index < -0.39 is 11.7 Å². The van der Waals surface area contributed by atoms with E-state index in [2.05, 4.69) is 19.9 Å². The number of aromatic nitrogens is 4. The number of aromatic amines is 1. The van der Waals surface area contributed by atoms with Crippen molar-refractivity contribution in [3.8, 4) is 17.4 Å². The fraction of sp³-hybridized carbons (Fsp3) is 0.280. The highest BCUT2D eigenvalue weighted by molar-refractivity contribution is 5.82. The summed E-state index contributed by atoms with van der Waals surface area (Å²) in [6.07, 6.45) is -1.45. The molecule has 6 rings (SSSR count). The summed E-state index contributed by atoms with van der Waals surface area (Å²) in [6, 6.07) is 9.54. The van der Waals surface area contributed by atoms with Gasteiger partial charge in [0.05, 0.1) is 11.9 Å². The summed E-state index contributed by atoms with van der Waals surface area (Å²) in [5.74, 6) is 1.61. The highest BCUT2D eigenvalue weighted by atomic mass is 19.4. The smallest absolute Gasteiger partial charge is 0.416 e. The van der Waals surface area contributed by atoms with Crippen molar-refractivity contribution >= 4 is 16.9 Å². The number of halogens is 3. The van der Waals surface area contributed by atoms with Gasteiger partial charge in [0, 0.05) is 30.2 Å². The molecule has 178 valence electrons. The number of carbonyl (C=O) groups is 1. The second-order valence-corrected chi connectivity index (χ2v) is 8.92. The largest absolute Gasteiger partial charge is 0.489 e. The van der Waals surface area contributed by atoms with Crippen LogP contribution in [0.2, 0.25) is 0 Å². The number of fused-ring (bicyclic) bond motifs is 4. The molecule has 2 aromatic heterocycles. The van der Waals surface area contributed by atoms with Crippen molar-refractivity contribution in [2.75, 3.05) is 0 Å². The quantitative estimate of drug-likeness (QED) is 0.411. The number of nitrogens with one attached hydrogen (secondary N) is 1. The zero-order valence-corrected chi connectivity index (χ0v) is 18.5. The number of carbonyl (C=O) groups excluding carboxylic acids is 1. The molecule has 3 atom stereocenters. The van der Waals surface area contributed by atoms with Crippen LogP contribution in [0.15, 0.2) is 49.1 Å². The number of benzene rings is 2. The van der Waals surface area contributed by atoms with Crippen molar-refractivity contribution in [1.29, 1.82) is 0 Å². The van der Waals surface area contributed by atoms with Crippen molar-refractivity contribution in [3.63, 3.8) is 0 Å². The summed E-state index contributed by atoms with van der Waals surface area (Å²) in [6.45, 7) is 1.41. The topological polar surface area (TPSA) is 90.0 Å². The third-order valence-corrected chi connectivity index (χ3v) is 6.57. The third kappa shape index (κ3) is 3.88. The minimum Gasteiger partial charge on any atom is -0.489 e. The molecule has 4 aromatic rings. The molecule has 10 heteroatoms. The van der Waals surface area contributed by atoms with Gasteiger partial charge in [0.1, 0.15) is 35.2 Å². The molecule has 0 saturated heterocycles. The first-order chi connectivity index (χ1) is 16.8. The fourth-order valence-electron chi connectivity index (χ4n) is 4.84. The molecule has 3 heterocycles. The van der Waals surface area contributed by atoms with E-state index in [4.69, 9.17) is 9.47 Å². The van der Waals surface area contributed by atoms with Crippen molar-refractivity contribution in [2.45, 2.75) is 38.0 Å². The van der Waals surface area contributed by atoms with Crippen LogP contribution in [0.25, 0.3) is 11.2 Å². The molecule has 2 aliphatic rings. The molecule has 1 aliphatic carbocycles. The zero-order valence-electron chi connectivity index (χ0n) is 18.5. The first-order valence-corrected chi connectivity index (χ1v) is 11.1. The van der Waals surface area contributed by atoms with Crippen LogP contribution in [0.4, 0.5) is 13.2 Å². The van der Waals surface area contributed by atoms with Crippen molar-refractivity contribution in [1.82, 2.24) is 19.9 Å². The minimum absolute atomic E-state index is 0.00357. The Bertz CT molecular complexity index is 1470. The standard InChI is InChI=1S/C25H19F3N4O3/c1-12-2-3-13(7-18(12)25(26,27)28)6-14(33)8-17-20-16-9-15(4-5-19(16)35-22(17)20)34-24-21-23(30-10-29-21)31-11-32-24/h2-5,7,9-11,17,20,22H,6,8H2,1H3,(H,29,30,31,32)/t17-,20-,22+/m0/s1. The second-order valence-electron chi connectivity index (χ2n) is 8.92. The van der Waals surface area contributed by atoms with Gasteiger partial charge in [-0.15, -0.1) is 0 Å². The molecular weight excluding hydrogens is 461 g/mol. The average Bonchev–Trinajstić information content (AvgIpc) is 3.14. The summed E-state index contributed by atoms with van der Waals surface area (Å²) in [5, 5.41) is 0. The number of aryl methyl sites for hydroxylation is 1. The molecule has 0 bridgehead atoms. The summed E-state index contributed by atoms with van der Waals surface area (Å²) in [7, 11) is 0. The van der Waals surface area contributed by atoms with Gasteiger partial charge in [-0.2, -0.15) is 18.2 Å². The maximum Gasteiger partial charge on any atom is 0.416 e. The van der Waals surface area contributed by atoms with Crippen LogP contribution < -0.4 is 9.47 Å². The molecule has 1 N–H and O–H groups in total. The molecule has 1 fully saturated rings. The Morgan fingerprint density at radius 3 is 2.83 bits per heavy atom. The zero-order chi connectivity index (χ0) is 24.3. The van der Waals surface area contributed by atoms with E-state index in [1.165, 1.54) is 25.6 Å². The molecule has 0 amide bonds. The number of hydrogen-bond donors (Lipinski definition) is 1. The fourth-order valence-corrected chi connectivity index (χ4v) is 4.84. The van der Waals surface area contributed by atoms with Crippen LogP contribution in [0.1, 0.15) is 34.6 Å². The SMILES string of the molecule is Cc1ccc(CC(=O)C[C@@H]2[C@H]3Oc4ccc(Oc5ncnc6nc[nH]c56)cc4[C@@H]23)cc1C(F)(F)F. The molecule has 0 unspecified atom stereocenters. The summed E-state index contributed by atoms with van der Waals surface area (Å²) >= 11 is 0. The van der Waals surface area contributed by atoms with Gasteiger partial charge in [-0.05, 0) is 42.3 Å². The van der Waals surface area contributed by atoms with Gasteiger partial charge in [0.2, 0.25) is 5.88 Å². The van der Waals surface area contributed by atoms with E-state index in [-0.39, 0.29) is 42.1 Å². The predicted molar refractivity (Wildman–Crippen MR) is 118 cm³/mol.